The number of amides is 4. The molecule has 0 unspecified atom stereocenters. The van der Waals surface area contributed by atoms with Gasteiger partial charge in [-0.15, -0.1) is 11.3 Å². The van der Waals surface area contributed by atoms with Crippen LogP contribution >= 0.6 is 11.3 Å². The Bertz CT molecular complexity index is 821. The van der Waals surface area contributed by atoms with Crippen molar-refractivity contribution in [2.24, 2.45) is 5.73 Å². The molecule has 144 valence electrons. The number of rotatable bonds is 8. The number of nitrogens with two attached hydrogens (primary N) is 1. The van der Waals surface area contributed by atoms with Crippen LogP contribution in [0.2, 0.25) is 0 Å². The molecule has 0 saturated heterocycles. The maximum atomic E-state index is 12.2. The number of primary amides is 1. The Hall–Kier alpha value is -3.05. The van der Waals surface area contributed by atoms with Crippen LogP contribution in [0.25, 0.3) is 10.6 Å². The molecule has 0 aromatic carbocycles. The van der Waals surface area contributed by atoms with E-state index in [-0.39, 0.29) is 23.1 Å². The lowest BCUT2D eigenvalue weighted by Gasteiger charge is -2.05. The highest BCUT2D eigenvalue weighted by Crippen LogP contribution is 2.28. The number of thiazole rings is 1. The number of ether oxygens (including phenoxy) is 1. The predicted molar refractivity (Wildman–Crippen MR) is 101 cm³/mol. The summed E-state index contributed by atoms with van der Waals surface area (Å²) in [6.45, 7) is 2.91. The number of hydrogen-bond acceptors (Lipinski definition) is 7. The minimum Gasteiger partial charge on any atom is -0.383 e. The van der Waals surface area contributed by atoms with Gasteiger partial charge in [-0.1, -0.05) is 0 Å². The smallest absolute Gasteiger partial charge is 0.320 e. The molecule has 0 aliphatic rings. The van der Waals surface area contributed by atoms with Crippen LogP contribution in [-0.2, 0) is 4.74 Å². The number of aromatic nitrogens is 2. The molecule has 11 heteroatoms. The number of hydrogen-bond donors (Lipinski definition) is 4. The van der Waals surface area contributed by atoms with E-state index in [4.69, 9.17) is 10.5 Å². The maximum absolute atomic E-state index is 12.2. The lowest BCUT2D eigenvalue weighted by atomic mass is 10.3. The van der Waals surface area contributed by atoms with E-state index in [1.807, 2.05) is 0 Å². The number of anilines is 1. The van der Waals surface area contributed by atoms with Crippen LogP contribution in [0.1, 0.15) is 27.1 Å². The molecule has 2 aromatic heterocycles. The first-order chi connectivity index (χ1) is 13.0. The second-order valence-electron chi connectivity index (χ2n) is 5.23. The Morgan fingerprint density at radius 2 is 2.04 bits per heavy atom. The van der Waals surface area contributed by atoms with Gasteiger partial charge < -0.3 is 21.1 Å². The molecule has 0 atom stereocenters. The van der Waals surface area contributed by atoms with E-state index in [2.05, 4.69) is 25.9 Å². The standard InChI is InChI=1S/C16H20N6O4S/c1-3-18-16(25)21-10-5-4-9(8-20-10)15-22-11(12(27-15)13(17)23)14(24)19-6-7-26-2/h4-5,8H,3,6-7H2,1-2H3,(H2,17,23)(H,19,24)(H2,18,20,21,25). The zero-order valence-electron chi connectivity index (χ0n) is 14.9. The van der Waals surface area contributed by atoms with Gasteiger partial charge in [0.1, 0.15) is 15.7 Å². The zero-order chi connectivity index (χ0) is 19.8. The van der Waals surface area contributed by atoms with Gasteiger partial charge in [0, 0.05) is 32.0 Å². The molecule has 0 aliphatic heterocycles. The monoisotopic (exact) mass is 392 g/mol. The molecular formula is C16H20N6O4S. The molecular weight excluding hydrogens is 372 g/mol. The number of methoxy groups -OCH3 is 1. The van der Waals surface area contributed by atoms with Gasteiger partial charge in [0.25, 0.3) is 11.8 Å². The Balaban J connectivity index is 2.20. The lowest BCUT2D eigenvalue weighted by Crippen LogP contribution is -2.29. The quantitative estimate of drug-likeness (QED) is 0.489. The summed E-state index contributed by atoms with van der Waals surface area (Å²) < 4.78 is 4.87. The van der Waals surface area contributed by atoms with Crippen LogP contribution < -0.4 is 21.7 Å². The molecule has 0 spiro atoms. The van der Waals surface area contributed by atoms with Crippen LogP contribution in [-0.4, -0.2) is 54.6 Å². The highest BCUT2D eigenvalue weighted by Gasteiger charge is 2.22. The van der Waals surface area contributed by atoms with Gasteiger partial charge in [-0.3, -0.25) is 14.9 Å². The van der Waals surface area contributed by atoms with E-state index >= 15 is 0 Å². The summed E-state index contributed by atoms with van der Waals surface area (Å²) in [7, 11) is 1.51. The fourth-order valence-corrected chi connectivity index (χ4v) is 2.93. The van der Waals surface area contributed by atoms with Gasteiger partial charge in [-0.25, -0.2) is 14.8 Å². The van der Waals surface area contributed by atoms with E-state index in [0.29, 0.717) is 29.5 Å². The molecule has 27 heavy (non-hydrogen) atoms. The van der Waals surface area contributed by atoms with Gasteiger partial charge in [0.15, 0.2) is 5.69 Å². The van der Waals surface area contributed by atoms with Crippen LogP contribution in [0.15, 0.2) is 18.3 Å². The molecule has 0 bridgehead atoms. The number of nitrogens with zero attached hydrogens (tertiary/aromatic N) is 2. The van der Waals surface area contributed by atoms with Gasteiger partial charge in [0.05, 0.1) is 6.61 Å². The van der Waals surface area contributed by atoms with Crippen molar-refractivity contribution in [1.29, 1.82) is 0 Å². The molecule has 0 aliphatic carbocycles. The summed E-state index contributed by atoms with van der Waals surface area (Å²) in [5.74, 6) is -0.891. The summed E-state index contributed by atoms with van der Waals surface area (Å²) in [5, 5.41) is 8.19. The van der Waals surface area contributed by atoms with Crippen molar-refractivity contribution in [3.63, 3.8) is 0 Å². The first kappa shape index (κ1) is 20.3. The van der Waals surface area contributed by atoms with Crippen molar-refractivity contribution in [1.82, 2.24) is 20.6 Å². The van der Waals surface area contributed by atoms with E-state index in [1.54, 1.807) is 19.1 Å². The third kappa shape index (κ3) is 5.46. The molecule has 2 heterocycles. The van der Waals surface area contributed by atoms with Crippen molar-refractivity contribution in [2.75, 3.05) is 32.1 Å². The first-order valence-corrected chi connectivity index (χ1v) is 8.87. The third-order valence-corrected chi connectivity index (χ3v) is 4.37. The van der Waals surface area contributed by atoms with Gasteiger partial charge in [-0.2, -0.15) is 0 Å². The summed E-state index contributed by atoms with van der Waals surface area (Å²) >= 11 is 0.999. The van der Waals surface area contributed by atoms with Crippen LogP contribution in [0.5, 0.6) is 0 Å². The van der Waals surface area contributed by atoms with Crippen LogP contribution in [0.4, 0.5) is 10.6 Å². The van der Waals surface area contributed by atoms with Crippen molar-refractivity contribution < 1.29 is 19.1 Å². The van der Waals surface area contributed by atoms with E-state index in [9.17, 15) is 14.4 Å². The van der Waals surface area contributed by atoms with Crippen molar-refractivity contribution in [3.05, 3.63) is 28.9 Å². The number of pyridine rings is 1. The Morgan fingerprint density at radius 3 is 2.63 bits per heavy atom. The summed E-state index contributed by atoms with van der Waals surface area (Å²) in [4.78, 5) is 43.8. The fraction of sp³-hybridized carbons (Fsp3) is 0.312. The molecule has 4 amide bonds. The lowest BCUT2D eigenvalue weighted by molar-refractivity contribution is 0.0920. The predicted octanol–water partition coefficient (Wildman–Crippen LogP) is 0.822. The minimum absolute atomic E-state index is 0.0388. The number of urea groups is 1. The van der Waals surface area contributed by atoms with Gasteiger partial charge in [0.2, 0.25) is 0 Å². The van der Waals surface area contributed by atoms with E-state index in [1.165, 1.54) is 13.3 Å². The van der Waals surface area contributed by atoms with Crippen LogP contribution in [0.3, 0.4) is 0 Å². The average molecular weight is 392 g/mol. The first-order valence-electron chi connectivity index (χ1n) is 8.05. The largest absolute Gasteiger partial charge is 0.383 e. The van der Waals surface area contributed by atoms with Crippen molar-refractivity contribution in [3.8, 4) is 10.6 Å². The summed E-state index contributed by atoms with van der Waals surface area (Å²) in [6, 6.07) is 2.90. The van der Waals surface area contributed by atoms with E-state index < -0.39 is 11.8 Å². The Kier molecular flexibility index (Phi) is 7.20. The molecule has 0 saturated carbocycles. The average Bonchev–Trinajstić information content (AvgIpc) is 3.08. The number of carbonyl (C=O) groups excluding carboxylic acids is 3. The molecule has 2 aromatic rings. The number of nitrogens with one attached hydrogen (secondary N) is 3. The highest BCUT2D eigenvalue weighted by molar-refractivity contribution is 7.17. The fourth-order valence-electron chi connectivity index (χ4n) is 2.03. The highest BCUT2D eigenvalue weighted by atomic mass is 32.1. The zero-order valence-corrected chi connectivity index (χ0v) is 15.7. The minimum atomic E-state index is -0.738. The normalized spacial score (nSPS) is 10.3. The second-order valence-corrected chi connectivity index (χ2v) is 6.23. The van der Waals surface area contributed by atoms with Crippen molar-refractivity contribution >= 4 is 35.0 Å². The molecule has 2 rings (SSSR count). The molecule has 0 radical (unpaired) electrons. The Morgan fingerprint density at radius 1 is 1.26 bits per heavy atom. The number of carbonyl (C=O) groups is 3. The van der Waals surface area contributed by atoms with Gasteiger partial charge in [-0.05, 0) is 19.1 Å². The second kappa shape index (κ2) is 9.59. The molecule has 0 fully saturated rings. The van der Waals surface area contributed by atoms with Crippen LogP contribution in [0, 0.1) is 0 Å². The SMILES string of the molecule is CCNC(=O)Nc1ccc(-c2nc(C(=O)NCCOC)c(C(N)=O)s2)cn1. The molecule has 10 nitrogen and oxygen atoms in total. The maximum Gasteiger partial charge on any atom is 0.320 e. The molecule has 5 N–H and O–H groups in total. The summed E-state index contributed by atoms with van der Waals surface area (Å²) in [6.07, 6.45) is 1.48. The van der Waals surface area contributed by atoms with Crippen molar-refractivity contribution in [2.45, 2.75) is 6.92 Å². The Labute approximate surface area is 159 Å². The summed E-state index contributed by atoms with van der Waals surface area (Å²) in [5.41, 5.74) is 5.91. The third-order valence-electron chi connectivity index (χ3n) is 3.25. The topological polar surface area (TPSA) is 148 Å². The van der Waals surface area contributed by atoms with E-state index in [0.717, 1.165) is 11.3 Å². The van der Waals surface area contributed by atoms with Gasteiger partial charge >= 0.3 is 6.03 Å².